The minimum atomic E-state index is 0. The van der Waals surface area contributed by atoms with Gasteiger partial charge in [0, 0.05) is 0 Å². The van der Waals surface area contributed by atoms with Crippen molar-refractivity contribution < 1.29 is 28.5 Å². The normalized spacial score (nSPS) is 9.00. The summed E-state index contributed by atoms with van der Waals surface area (Å²) in [6.45, 7) is 3.07. The fourth-order valence-electron chi connectivity index (χ4n) is 0.571. The molecule has 2 nitrogen and oxygen atoms in total. The lowest BCUT2D eigenvalue weighted by atomic mass is 10.2. The van der Waals surface area contributed by atoms with Crippen molar-refractivity contribution in [2.24, 2.45) is 5.73 Å². The molecule has 0 aliphatic rings. The maximum Gasteiger partial charge on any atom is 0.0675 e. The van der Waals surface area contributed by atoms with Gasteiger partial charge in [-0.15, -0.1) is 24.0 Å². The number of rotatable bonds is 4. The Morgan fingerprint density at radius 1 is 0.929 bits per heavy atom. The Labute approximate surface area is 125 Å². The SMILES string of the molecule is CCCCCCN.C[N+](C)(C)C.I.[I-]. The highest BCUT2D eigenvalue weighted by atomic mass is 127. The molecular weight excluding hydrogens is 402 g/mol. The molecule has 0 aliphatic carbocycles. The smallest absolute Gasteiger partial charge is 0.0675 e. The highest BCUT2D eigenvalue weighted by Gasteiger charge is 1.88. The van der Waals surface area contributed by atoms with Gasteiger partial charge < -0.3 is 34.2 Å². The Kier molecular flexibility index (Phi) is 29.5. The Bertz CT molecular complexity index is 72.7. The van der Waals surface area contributed by atoms with Crippen LogP contribution in [0.15, 0.2) is 0 Å². The van der Waals surface area contributed by atoms with Crippen LogP contribution in [0.2, 0.25) is 0 Å². The van der Waals surface area contributed by atoms with Crippen LogP contribution in [-0.2, 0) is 0 Å². The van der Waals surface area contributed by atoms with Crippen molar-refractivity contribution >= 4 is 24.0 Å². The second-order valence-electron chi connectivity index (χ2n) is 4.53. The molecule has 0 fully saturated rings. The summed E-state index contributed by atoms with van der Waals surface area (Å²) in [5, 5.41) is 0. The summed E-state index contributed by atoms with van der Waals surface area (Å²) in [7, 11) is 8.50. The Morgan fingerprint density at radius 3 is 1.50 bits per heavy atom. The number of hydrogen-bond acceptors (Lipinski definition) is 1. The molecule has 0 aromatic heterocycles. The maximum atomic E-state index is 5.27. The molecule has 0 heterocycles. The van der Waals surface area contributed by atoms with Gasteiger partial charge in [-0.25, -0.2) is 0 Å². The van der Waals surface area contributed by atoms with Crippen LogP contribution in [0.3, 0.4) is 0 Å². The van der Waals surface area contributed by atoms with E-state index in [0.29, 0.717) is 0 Å². The summed E-state index contributed by atoms with van der Waals surface area (Å²) < 4.78 is 1.00. The molecule has 0 rings (SSSR count). The van der Waals surface area contributed by atoms with E-state index >= 15 is 0 Å². The van der Waals surface area contributed by atoms with Crippen molar-refractivity contribution in [1.29, 1.82) is 0 Å². The third kappa shape index (κ3) is 70.8. The topological polar surface area (TPSA) is 26.0 Å². The summed E-state index contributed by atoms with van der Waals surface area (Å²) in [6.07, 6.45) is 5.16. The first-order valence-electron chi connectivity index (χ1n) is 4.90. The van der Waals surface area contributed by atoms with E-state index in [0.717, 1.165) is 11.0 Å². The number of nitrogens with two attached hydrogens (primary N) is 1. The van der Waals surface area contributed by atoms with Crippen molar-refractivity contribution in [1.82, 2.24) is 0 Å². The van der Waals surface area contributed by atoms with Crippen molar-refractivity contribution in [2.45, 2.75) is 32.6 Å². The molecule has 0 saturated carbocycles. The monoisotopic (exact) mass is 430 g/mol. The lowest BCUT2D eigenvalue weighted by Gasteiger charge is -2.14. The van der Waals surface area contributed by atoms with Crippen LogP contribution in [0.25, 0.3) is 0 Å². The molecule has 0 amide bonds. The molecule has 0 unspecified atom stereocenters. The minimum absolute atomic E-state index is 0. The van der Waals surface area contributed by atoms with Crippen LogP contribution in [0.5, 0.6) is 0 Å². The zero-order valence-electron chi connectivity index (χ0n) is 10.3. The summed E-state index contributed by atoms with van der Waals surface area (Å²) in [4.78, 5) is 0. The lowest BCUT2D eigenvalue weighted by Crippen LogP contribution is -3.00. The standard InChI is InChI=1S/C6H15N.C4H12N.2HI/c1-2-3-4-5-6-7;1-5(2,3)4;;/h2-7H2,1H3;1-4H3;2*1H/q;+1;;/p-1. The summed E-state index contributed by atoms with van der Waals surface area (Å²) in [5.74, 6) is 0. The Hall–Kier alpha value is 1.38. The van der Waals surface area contributed by atoms with Gasteiger partial charge in [-0.3, -0.25) is 0 Å². The van der Waals surface area contributed by atoms with E-state index in [1.165, 1.54) is 25.7 Å². The molecule has 0 aromatic carbocycles. The number of hydrogen-bond donors (Lipinski definition) is 1. The van der Waals surface area contributed by atoms with Crippen LogP contribution in [0.4, 0.5) is 0 Å². The van der Waals surface area contributed by atoms with Crippen LogP contribution >= 0.6 is 24.0 Å². The van der Waals surface area contributed by atoms with E-state index in [-0.39, 0.29) is 48.0 Å². The quantitative estimate of drug-likeness (QED) is 0.363. The third-order valence-electron chi connectivity index (χ3n) is 1.06. The van der Waals surface area contributed by atoms with Crippen LogP contribution < -0.4 is 29.7 Å². The lowest BCUT2D eigenvalue weighted by molar-refractivity contribution is -0.849. The maximum absolute atomic E-state index is 5.27. The fourth-order valence-corrected chi connectivity index (χ4v) is 0.571. The van der Waals surface area contributed by atoms with Crippen LogP contribution in [0, 0.1) is 0 Å². The van der Waals surface area contributed by atoms with Gasteiger partial charge in [0.2, 0.25) is 0 Å². The van der Waals surface area contributed by atoms with Gasteiger partial charge in [0.05, 0.1) is 28.2 Å². The molecule has 0 saturated heterocycles. The molecule has 0 atom stereocenters. The van der Waals surface area contributed by atoms with Crippen molar-refractivity contribution in [2.75, 3.05) is 34.7 Å². The average Bonchev–Trinajstić information content (AvgIpc) is 1.85. The third-order valence-corrected chi connectivity index (χ3v) is 1.06. The average molecular weight is 430 g/mol. The first-order chi connectivity index (χ1) is 5.41. The first-order valence-corrected chi connectivity index (χ1v) is 4.90. The largest absolute Gasteiger partial charge is 1.00 e. The van der Waals surface area contributed by atoms with Crippen LogP contribution in [-0.4, -0.2) is 39.2 Å². The van der Waals surface area contributed by atoms with Gasteiger partial charge in [-0.1, -0.05) is 26.2 Å². The second-order valence-corrected chi connectivity index (χ2v) is 4.53. The minimum Gasteiger partial charge on any atom is -1.00 e. The highest BCUT2D eigenvalue weighted by Crippen LogP contribution is 1.95. The molecule has 0 spiro atoms. The molecule has 4 heteroatoms. The molecule has 0 aromatic rings. The van der Waals surface area contributed by atoms with Crippen molar-refractivity contribution in [3.8, 4) is 0 Å². The van der Waals surface area contributed by atoms with E-state index in [9.17, 15) is 0 Å². The molecule has 92 valence electrons. The van der Waals surface area contributed by atoms with E-state index < -0.39 is 0 Å². The van der Waals surface area contributed by atoms with Gasteiger partial charge in [-0.2, -0.15) is 0 Å². The van der Waals surface area contributed by atoms with Crippen LogP contribution in [0.1, 0.15) is 32.6 Å². The van der Waals surface area contributed by atoms with Crippen molar-refractivity contribution in [3.63, 3.8) is 0 Å². The number of unbranched alkanes of at least 4 members (excludes halogenated alkanes) is 3. The van der Waals surface area contributed by atoms with E-state index in [1.807, 2.05) is 0 Å². The number of nitrogens with zero attached hydrogens (tertiary/aromatic N) is 1. The van der Waals surface area contributed by atoms with E-state index in [2.05, 4.69) is 35.1 Å². The van der Waals surface area contributed by atoms with Gasteiger partial charge in [0.25, 0.3) is 0 Å². The Morgan fingerprint density at radius 2 is 1.29 bits per heavy atom. The summed E-state index contributed by atoms with van der Waals surface area (Å²) in [6, 6.07) is 0. The first kappa shape index (κ1) is 24.6. The molecule has 2 N–H and O–H groups in total. The molecule has 0 aliphatic heterocycles. The zero-order valence-corrected chi connectivity index (χ0v) is 14.8. The fraction of sp³-hybridized carbons (Fsp3) is 1.00. The van der Waals surface area contributed by atoms with E-state index in [4.69, 9.17) is 5.73 Å². The molecule has 14 heavy (non-hydrogen) atoms. The van der Waals surface area contributed by atoms with Crippen molar-refractivity contribution in [3.05, 3.63) is 0 Å². The summed E-state index contributed by atoms with van der Waals surface area (Å²) >= 11 is 0. The predicted molar refractivity (Wildman–Crippen MR) is 72.6 cm³/mol. The Balaban J connectivity index is -0.0000000651. The van der Waals surface area contributed by atoms with Gasteiger partial charge in [0.1, 0.15) is 0 Å². The highest BCUT2D eigenvalue weighted by molar-refractivity contribution is 14.0. The molecule has 0 bridgehead atoms. The zero-order chi connectivity index (χ0) is 10.0. The molecule has 0 radical (unpaired) electrons. The number of quaternary nitrogens is 1. The summed E-state index contributed by atoms with van der Waals surface area (Å²) in [5.41, 5.74) is 5.27. The van der Waals surface area contributed by atoms with Gasteiger partial charge in [0.15, 0.2) is 0 Å². The van der Waals surface area contributed by atoms with Gasteiger partial charge in [-0.05, 0) is 13.0 Å². The second kappa shape index (κ2) is 16.8. The van der Waals surface area contributed by atoms with E-state index in [1.54, 1.807) is 0 Å². The predicted octanol–water partition coefficient (Wildman–Crippen LogP) is -0.530. The molecular formula is C10H28I2N2. The number of halogens is 2. The van der Waals surface area contributed by atoms with Gasteiger partial charge >= 0.3 is 0 Å².